The van der Waals surface area contributed by atoms with Crippen molar-refractivity contribution < 1.29 is 4.79 Å². The van der Waals surface area contributed by atoms with Crippen molar-refractivity contribution in [2.45, 2.75) is 38.6 Å². The van der Waals surface area contributed by atoms with E-state index in [1.165, 1.54) is 12.8 Å². The van der Waals surface area contributed by atoms with Crippen LogP contribution < -0.4 is 10.6 Å². The third-order valence-electron chi connectivity index (χ3n) is 3.20. The standard InChI is InChI=1S/C13H24N4O/c1-2-3-9-17(10-12-5-4-7-15-12)11-13(18)16-8-6-14/h12,15H,2-5,7-11H2,1H3,(H,16,18). The van der Waals surface area contributed by atoms with E-state index in [-0.39, 0.29) is 12.5 Å². The number of nitrogens with one attached hydrogen (secondary N) is 2. The Labute approximate surface area is 110 Å². The van der Waals surface area contributed by atoms with Gasteiger partial charge in [-0.3, -0.25) is 9.69 Å². The van der Waals surface area contributed by atoms with Crippen molar-refractivity contribution in [3.05, 3.63) is 0 Å². The molecule has 1 amide bonds. The first-order valence-electron chi connectivity index (χ1n) is 6.85. The molecule has 0 radical (unpaired) electrons. The molecule has 0 aromatic heterocycles. The molecule has 0 spiro atoms. The van der Waals surface area contributed by atoms with E-state index in [9.17, 15) is 4.79 Å². The summed E-state index contributed by atoms with van der Waals surface area (Å²) in [5, 5.41) is 14.5. The predicted octanol–water partition coefficient (Wildman–Crippen LogP) is 0.480. The molecule has 0 aromatic rings. The molecule has 1 aliphatic heterocycles. The van der Waals surface area contributed by atoms with Crippen LogP contribution in [0.25, 0.3) is 0 Å². The van der Waals surface area contributed by atoms with E-state index < -0.39 is 0 Å². The third kappa shape index (κ3) is 5.99. The maximum absolute atomic E-state index is 11.6. The van der Waals surface area contributed by atoms with E-state index in [1.807, 2.05) is 6.07 Å². The average molecular weight is 252 g/mol. The van der Waals surface area contributed by atoms with Gasteiger partial charge in [-0.15, -0.1) is 0 Å². The Morgan fingerprint density at radius 2 is 2.44 bits per heavy atom. The number of unbranched alkanes of at least 4 members (excludes halogenated alkanes) is 1. The Kier molecular flexibility index (Phi) is 7.38. The van der Waals surface area contributed by atoms with Gasteiger partial charge in [-0.1, -0.05) is 13.3 Å². The lowest BCUT2D eigenvalue weighted by Gasteiger charge is -2.24. The van der Waals surface area contributed by atoms with Gasteiger partial charge in [0.25, 0.3) is 0 Å². The summed E-state index contributed by atoms with van der Waals surface area (Å²) >= 11 is 0. The molecule has 1 rings (SSSR count). The quantitative estimate of drug-likeness (QED) is 0.617. The average Bonchev–Trinajstić information content (AvgIpc) is 2.86. The lowest BCUT2D eigenvalue weighted by molar-refractivity contribution is -0.122. The SMILES string of the molecule is CCCCN(CC(=O)NCC#N)CC1CCCN1. The normalized spacial score (nSPS) is 18.8. The molecular formula is C13H24N4O. The topological polar surface area (TPSA) is 68.2 Å². The summed E-state index contributed by atoms with van der Waals surface area (Å²) in [6, 6.07) is 2.44. The molecule has 0 aliphatic carbocycles. The number of nitrogens with zero attached hydrogens (tertiary/aromatic N) is 2. The van der Waals surface area contributed by atoms with Gasteiger partial charge in [0.15, 0.2) is 0 Å². The summed E-state index contributed by atoms with van der Waals surface area (Å²) in [6.07, 6.45) is 4.67. The Hall–Kier alpha value is -1.12. The summed E-state index contributed by atoms with van der Waals surface area (Å²) in [5.41, 5.74) is 0. The number of hydrogen-bond acceptors (Lipinski definition) is 4. The minimum absolute atomic E-state index is 0.0503. The van der Waals surface area contributed by atoms with E-state index in [0.29, 0.717) is 12.6 Å². The van der Waals surface area contributed by atoms with Gasteiger partial charge in [-0.05, 0) is 32.4 Å². The van der Waals surface area contributed by atoms with Gasteiger partial charge in [-0.2, -0.15) is 5.26 Å². The fourth-order valence-corrected chi connectivity index (χ4v) is 2.24. The lowest BCUT2D eigenvalue weighted by atomic mass is 10.2. The monoisotopic (exact) mass is 252 g/mol. The number of carbonyl (C=O) groups excluding carboxylic acids is 1. The minimum atomic E-state index is -0.0503. The molecule has 1 fully saturated rings. The van der Waals surface area contributed by atoms with Gasteiger partial charge in [0.05, 0.1) is 12.6 Å². The molecule has 1 saturated heterocycles. The first-order chi connectivity index (χ1) is 8.76. The van der Waals surface area contributed by atoms with E-state index in [0.717, 1.165) is 32.5 Å². The predicted molar refractivity (Wildman–Crippen MR) is 71.0 cm³/mol. The van der Waals surface area contributed by atoms with Gasteiger partial charge >= 0.3 is 0 Å². The molecular weight excluding hydrogens is 228 g/mol. The van der Waals surface area contributed by atoms with E-state index >= 15 is 0 Å². The Morgan fingerprint density at radius 1 is 1.61 bits per heavy atom. The molecule has 18 heavy (non-hydrogen) atoms. The molecule has 1 unspecified atom stereocenters. The summed E-state index contributed by atoms with van der Waals surface area (Å²) in [7, 11) is 0. The highest BCUT2D eigenvalue weighted by molar-refractivity contribution is 5.78. The highest BCUT2D eigenvalue weighted by Crippen LogP contribution is 2.07. The van der Waals surface area contributed by atoms with Gasteiger partial charge in [0.1, 0.15) is 6.54 Å². The molecule has 0 aromatic carbocycles. The van der Waals surface area contributed by atoms with Gasteiger partial charge in [0.2, 0.25) is 5.91 Å². The number of carbonyl (C=O) groups is 1. The smallest absolute Gasteiger partial charge is 0.235 e. The highest BCUT2D eigenvalue weighted by atomic mass is 16.2. The van der Waals surface area contributed by atoms with Crippen molar-refractivity contribution in [1.82, 2.24) is 15.5 Å². The fourth-order valence-electron chi connectivity index (χ4n) is 2.24. The molecule has 5 nitrogen and oxygen atoms in total. The van der Waals surface area contributed by atoms with E-state index in [4.69, 9.17) is 5.26 Å². The van der Waals surface area contributed by atoms with Crippen molar-refractivity contribution in [2.75, 3.05) is 32.7 Å². The van der Waals surface area contributed by atoms with Crippen molar-refractivity contribution in [1.29, 1.82) is 5.26 Å². The van der Waals surface area contributed by atoms with Crippen LogP contribution in [0.2, 0.25) is 0 Å². The van der Waals surface area contributed by atoms with Gasteiger partial charge < -0.3 is 10.6 Å². The van der Waals surface area contributed by atoms with E-state index in [2.05, 4.69) is 22.5 Å². The summed E-state index contributed by atoms with van der Waals surface area (Å²) in [4.78, 5) is 13.8. The van der Waals surface area contributed by atoms with Crippen LogP contribution in [0.4, 0.5) is 0 Å². The number of amides is 1. The summed E-state index contributed by atoms with van der Waals surface area (Å²) < 4.78 is 0. The molecule has 1 heterocycles. The Morgan fingerprint density at radius 3 is 3.06 bits per heavy atom. The van der Waals surface area contributed by atoms with Gasteiger partial charge in [-0.25, -0.2) is 0 Å². The molecule has 102 valence electrons. The second-order valence-corrected chi connectivity index (χ2v) is 4.82. The van der Waals surface area contributed by atoms with Gasteiger partial charge in [0, 0.05) is 12.6 Å². The fraction of sp³-hybridized carbons (Fsp3) is 0.846. The second kappa shape index (κ2) is 8.90. The maximum Gasteiger partial charge on any atom is 0.235 e. The van der Waals surface area contributed by atoms with Crippen molar-refractivity contribution in [3.8, 4) is 6.07 Å². The number of hydrogen-bond donors (Lipinski definition) is 2. The third-order valence-corrected chi connectivity index (χ3v) is 3.20. The van der Waals surface area contributed by atoms with Crippen LogP contribution in [0.1, 0.15) is 32.6 Å². The molecule has 1 atom stereocenters. The number of rotatable bonds is 8. The van der Waals surface area contributed by atoms with Crippen LogP contribution in [0, 0.1) is 11.3 Å². The largest absolute Gasteiger partial charge is 0.342 e. The lowest BCUT2D eigenvalue weighted by Crippen LogP contribution is -2.43. The minimum Gasteiger partial charge on any atom is -0.342 e. The van der Waals surface area contributed by atoms with Crippen LogP contribution in [-0.2, 0) is 4.79 Å². The zero-order valence-corrected chi connectivity index (χ0v) is 11.2. The molecule has 5 heteroatoms. The molecule has 0 saturated carbocycles. The maximum atomic E-state index is 11.6. The molecule has 2 N–H and O–H groups in total. The number of nitriles is 1. The first kappa shape index (κ1) is 14.9. The second-order valence-electron chi connectivity index (χ2n) is 4.82. The highest BCUT2D eigenvalue weighted by Gasteiger charge is 2.19. The summed E-state index contributed by atoms with van der Waals surface area (Å²) in [5.74, 6) is -0.0503. The zero-order valence-electron chi connectivity index (χ0n) is 11.2. The first-order valence-corrected chi connectivity index (χ1v) is 6.85. The van der Waals surface area contributed by atoms with Crippen molar-refractivity contribution in [2.24, 2.45) is 0 Å². The van der Waals surface area contributed by atoms with Crippen LogP contribution >= 0.6 is 0 Å². The van der Waals surface area contributed by atoms with E-state index in [1.54, 1.807) is 0 Å². The molecule has 0 bridgehead atoms. The summed E-state index contributed by atoms with van der Waals surface area (Å²) in [6.45, 7) is 5.63. The van der Waals surface area contributed by atoms with Crippen LogP contribution in [-0.4, -0.2) is 49.6 Å². The Bertz CT molecular complexity index is 281. The van der Waals surface area contributed by atoms with Crippen molar-refractivity contribution >= 4 is 5.91 Å². The van der Waals surface area contributed by atoms with Crippen LogP contribution in [0.3, 0.4) is 0 Å². The van der Waals surface area contributed by atoms with Crippen LogP contribution in [0.5, 0.6) is 0 Å². The Balaban J connectivity index is 2.33. The van der Waals surface area contributed by atoms with Crippen molar-refractivity contribution in [3.63, 3.8) is 0 Å². The van der Waals surface area contributed by atoms with Crippen LogP contribution in [0.15, 0.2) is 0 Å². The zero-order chi connectivity index (χ0) is 13.2. The molecule has 1 aliphatic rings.